The fraction of sp³-hybridized carbons (Fsp3) is 0.125. The van der Waals surface area contributed by atoms with E-state index in [1.165, 1.54) is 40.7 Å². The molecule has 0 unspecified atom stereocenters. The standard InChI is InChI=1S/C25H18BrNS2.C5H8.C2H6/c1-3-7-17-20-13-16(14-21(26)25(20)29-22(17)4-2)27-15-10-11-24-19(12-15)18-8-5-6-9-23(18)28-24;1-3-5-4-2;1-2/h3-14,27H,2H2,1H3;3-5H,1H2,2H3;1-2H3/b7-3-;5-4-;. The molecule has 0 radical (unpaired) electrons. The van der Waals surface area contributed by atoms with Crippen molar-refractivity contribution >= 4 is 92.4 Å². The minimum absolute atomic E-state index is 1.07. The monoisotopic (exact) mass is 573 g/mol. The van der Waals surface area contributed by atoms with Crippen LogP contribution in [0.5, 0.6) is 0 Å². The van der Waals surface area contributed by atoms with Gasteiger partial charge in [-0.3, -0.25) is 0 Å². The van der Waals surface area contributed by atoms with Crippen LogP contribution in [0.3, 0.4) is 0 Å². The van der Waals surface area contributed by atoms with E-state index in [0.717, 1.165) is 15.8 Å². The summed E-state index contributed by atoms with van der Waals surface area (Å²) in [6.07, 6.45) is 11.8. The molecule has 0 aliphatic heterocycles. The van der Waals surface area contributed by atoms with Gasteiger partial charge in [-0.1, -0.05) is 81.7 Å². The van der Waals surface area contributed by atoms with Crippen LogP contribution in [-0.4, -0.2) is 0 Å². The average Bonchev–Trinajstić information content (AvgIpc) is 3.45. The Bertz CT molecular complexity index is 1550. The molecule has 1 N–H and O–H groups in total. The lowest BCUT2D eigenvalue weighted by molar-refractivity contribution is 1.50. The molecule has 0 aliphatic rings. The van der Waals surface area contributed by atoms with Gasteiger partial charge in [0.1, 0.15) is 0 Å². The Morgan fingerprint density at radius 1 is 0.806 bits per heavy atom. The zero-order chi connectivity index (χ0) is 26.1. The lowest BCUT2D eigenvalue weighted by Crippen LogP contribution is -1.90. The van der Waals surface area contributed by atoms with Crippen molar-refractivity contribution in [1.82, 2.24) is 0 Å². The van der Waals surface area contributed by atoms with Gasteiger partial charge in [0, 0.05) is 56.5 Å². The number of rotatable bonds is 5. The van der Waals surface area contributed by atoms with Crippen LogP contribution in [0.4, 0.5) is 11.4 Å². The van der Waals surface area contributed by atoms with Gasteiger partial charge in [-0.05, 0) is 66.2 Å². The first-order chi connectivity index (χ1) is 17.6. The lowest BCUT2D eigenvalue weighted by atomic mass is 10.1. The highest BCUT2D eigenvalue weighted by Gasteiger charge is 2.12. The minimum atomic E-state index is 1.07. The first-order valence-electron chi connectivity index (χ1n) is 12.0. The topological polar surface area (TPSA) is 12.0 Å². The molecule has 0 saturated carbocycles. The van der Waals surface area contributed by atoms with Gasteiger partial charge in [-0.2, -0.15) is 0 Å². The molecule has 4 heteroatoms. The smallest absolute Gasteiger partial charge is 0.0499 e. The number of nitrogens with one attached hydrogen (secondary N) is 1. The zero-order valence-electron chi connectivity index (χ0n) is 21.3. The van der Waals surface area contributed by atoms with Gasteiger partial charge in [0.15, 0.2) is 0 Å². The highest BCUT2D eigenvalue weighted by atomic mass is 79.9. The average molecular weight is 575 g/mol. The SMILES string of the molecule is C=C/C=C\C.C=Cc1sc2c(Br)cc(Nc3ccc4sc5ccccc5c4c3)cc2c1/C=C\C.CC. The molecule has 0 fully saturated rings. The Morgan fingerprint density at radius 2 is 1.53 bits per heavy atom. The molecule has 36 heavy (non-hydrogen) atoms. The van der Waals surface area contributed by atoms with E-state index in [-0.39, 0.29) is 0 Å². The van der Waals surface area contributed by atoms with Crippen LogP contribution in [0, 0.1) is 0 Å². The summed E-state index contributed by atoms with van der Waals surface area (Å²) in [5.41, 5.74) is 3.40. The van der Waals surface area contributed by atoms with E-state index in [1.807, 2.05) is 57.3 Å². The third-order valence-corrected chi connectivity index (χ3v) is 8.61. The van der Waals surface area contributed by atoms with Crippen molar-refractivity contribution in [2.24, 2.45) is 0 Å². The third kappa shape index (κ3) is 6.07. The fourth-order valence-electron chi connectivity index (χ4n) is 3.86. The van der Waals surface area contributed by atoms with E-state index >= 15 is 0 Å². The highest BCUT2D eigenvalue weighted by Crippen LogP contribution is 2.41. The molecule has 0 amide bonds. The van der Waals surface area contributed by atoms with Crippen LogP contribution < -0.4 is 5.32 Å². The molecule has 3 aromatic carbocycles. The molecule has 0 saturated heterocycles. The highest BCUT2D eigenvalue weighted by molar-refractivity contribution is 9.10. The van der Waals surface area contributed by atoms with E-state index in [4.69, 9.17) is 0 Å². The van der Waals surface area contributed by atoms with Gasteiger partial charge in [0.2, 0.25) is 0 Å². The van der Waals surface area contributed by atoms with Crippen molar-refractivity contribution in [3.63, 3.8) is 0 Å². The maximum Gasteiger partial charge on any atom is 0.0499 e. The molecule has 5 aromatic rings. The normalized spacial score (nSPS) is 10.9. The second kappa shape index (κ2) is 13.4. The van der Waals surface area contributed by atoms with Gasteiger partial charge in [-0.15, -0.1) is 22.7 Å². The first kappa shape index (κ1) is 27.7. The van der Waals surface area contributed by atoms with Crippen LogP contribution in [0.2, 0.25) is 0 Å². The fourth-order valence-corrected chi connectivity index (χ4v) is 6.68. The van der Waals surface area contributed by atoms with E-state index in [9.17, 15) is 0 Å². The van der Waals surface area contributed by atoms with Gasteiger partial charge in [0.05, 0.1) is 0 Å². The van der Waals surface area contributed by atoms with Crippen LogP contribution >= 0.6 is 38.6 Å². The van der Waals surface area contributed by atoms with Crippen LogP contribution in [0.15, 0.2) is 96.5 Å². The molecule has 2 aromatic heterocycles. The minimum Gasteiger partial charge on any atom is -0.355 e. The predicted molar refractivity (Wildman–Crippen MR) is 173 cm³/mol. The van der Waals surface area contributed by atoms with E-state index in [2.05, 4.69) is 101 Å². The van der Waals surface area contributed by atoms with Gasteiger partial charge >= 0.3 is 0 Å². The Kier molecular flexibility index (Phi) is 10.3. The number of hydrogen-bond acceptors (Lipinski definition) is 3. The molecule has 2 heterocycles. The summed E-state index contributed by atoms with van der Waals surface area (Å²) in [6, 6.07) is 19.6. The summed E-state index contributed by atoms with van der Waals surface area (Å²) < 4.78 is 4.99. The molecule has 0 aliphatic carbocycles. The van der Waals surface area contributed by atoms with E-state index in [1.54, 1.807) is 17.4 Å². The second-order valence-electron chi connectivity index (χ2n) is 7.61. The maximum atomic E-state index is 3.98. The predicted octanol–water partition coefficient (Wildman–Crippen LogP) is 12.2. The van der Waals surface area contributed by atoms with Gasteiger partial charge in [0.25, 0.3) is 0 Å². The van der Waals surface area contributed by atoms with Crippen LogP contribution in [0.1, 0.15) is 38.1 Å². The van der Waals surface area contributed by atoms with Crippen molar-refractivity contribution in [3.8, 4) is 0 Å². The molecule has 0 bridgehead atoms. The number of thiophene rings is 2. The molecular weight excluding hydrogens is 542 g/mol. The van der Waals surface area contributed by atoms with Gasteiger partial charge < -0.3 is 5.32 Å². The Morgan fingerprint density at radius 3 is 2.19 bits per heavy atom. The zero-order valence-corrected chi connectivity index (χ0v) is 24.5. The van der Waals surface area contributed by atoms with Crippen molar-refractivity contribution < 1.29 is 0 Å². The first-order valence-corrected chi connectivity index (χ1v) is 14.5. The maximum absolute atomic E-state index is 3.98. The molecule has 5 rings (SSSR count). The summed E-state index contributed by atoms with van der Waals surface area (Å²) >= 11 is 7.38. The largest absolute Gasteiger partial charge is 0.355 e. The number of halogens is 1. The number of anilines is 2. The molecule has 0 atom stereocenters. The van der Waals surface area contributed by atoms with E-state index < -0.39 is 0 Å². The summed E-state index contributed by atoms with van der Waals surface area (Å²) in [5.74, 6) is 0. The quantitative estimate of drug-likeness (QED) is 0.206. The number of fused-ring (bicyclic) bond motifs is 4. The number of allylic oxidation sites excluding steroid dienone is 4. The van der Waals surface area contributed by atoms with Gasteiger partial charge in [-0.25, -0.2) is 0 Å². The molecular formula is C32H32BrNS2. The Hall–Kier alpha value is -2.92. The lowest BCUT2D eigenvalue weighted by Gasteiger charge is -2.09. The van der Waals surface area contributed by atoms with Crippen molar-refractivity contribution in [1.29, 1.82) is 0 Å². The van der Waals surface area contributed by atoms with E-state index in [0.29, 0.717) is 0 Å². The molecule has 1 nitrogen and oxygen atoms in total. The molecule has 184 valence electrons. The Labute approximate surface area is 231 Å². The van der Waals surface area contributed by atoms with Crippen molar-refractivity contribution in [3.05, 3.63) is 107 Å². The summed E-state index contributed by atoms with van der Waals surface area (Å²) in [7, 11) is 0. The van der Waals surface area contributed by atoms with Crippen LogP contribution in [-0.2, 0) is 0 Å². The molecule has 0 spiro atoms. The number of benzene rings is 3. The number of hydrogen-bond donors (Lipinski definition) is 1. The van der Waals surface area contributed by atoms with Crippen LogP contribution in [0.25, 0.3) is 42.4 Å². The van der Waals surface area contributed by atoms with Crippen molar-refractivity contribution in [2.75, 3.05) is 5.32 Å². The third-order valence-electron chi connectivity index (χ3n) is 5.32. The van der Waals surface area contributed by atoms with Crippen molar-refractivity contribution in [2.45, 2.75) is 27.7 Å². The summed E-state index contributed by atoms with van der Waals surface area (Å²) in [4.78, 5) is 1.20. The second-order valence-corrected chi connectivity index (χ2v) is 10.6. The Balaban J connectivity index is 0.000000463. The summed E-state index contributed by atoms with van der Waals surface area (Å²) in [5, 5.41) is 7.46. The summed E-state index contributed by atoms with van der Waals surface area (Å²) in [6.45, 7) is 15.5.